The van der Waals surface area contributed by atoms with E-state index in [2.05, 4.69) is 0 Å². The van der Waals surface area contributed by atoms with Crippen molar-refractivity contribution in [1.29, 1.82) is 0 Å². The summed E-state index contributed by atoms with van der Waals surface area (Å²) in [5.74, 6) is -5.64. The van der Waals surface area contributed by atoms with Crippen LogP contribution in [0.2, 0.25) is 0 Å². The van der Waals surface area contributed by atoms with E-state index in [0.29, 0.717) is 0 Å². The van der Waals surface area contributed by atoms with Gasteiger partial charge in [0, 0.05) is 0 Å². The lowest BCUT2D eigenvalue weighted by Crippen LogP contribution is -2.38. The maximum absolute atomic E-state index is 12.7. The molecule has 13 heavy (non-hydrogen) atoms. The van der Waals surface area contributed by atoms with Crippen LogP contribution in [0.4, 0.5) is 17.6 Å². The Labute approximate surface area is 71.5 Å². The molecule has 1 rings (SSSR count). The second kappa shape index (κ2) is 2.85. The molecule has 1 saturated carbocycles. The number of alkyl halides is 4. The zero-order valence-electron chi connectivity index (χ0n) is 6.57. The van der Waals surface area contributed by atoms with Crippen LogP contribution in [0.15, 0.2) is 0 Å². The second-order valence-corrected chi connectivity index (χ2v) is 3.27. The van der Waals surface area contributed by atoms with Gasteiger partial charge in [-0.25, -0.2) is 8.78 Å². The SMILES string of the molecule is O=C(O)CC1(C(F)(F)C(F)F)CC1. The molecule has 0 aliphatic heterocycles. The predicted molar refractivity (Wildman–Crippen MR) is 34.9 cm³/mol. The number of carboxylic acids is 1. The van der Waals surface area contributed by atoms with E-state index in [0.717, 1.165) is 0 Å². The second-order valence-electron chi connectivity index (χ2n) is 3.27. The normalized spacial score (nSPS) is 20.4. The molecule has 0 aromatic carbocycles. The highest BCUT2D eigenvalue weighted by Crippen LogP contribution is 2.61. The van der Waals surface area contributed by atoms with Crippen LogP contribution in [0.1, 0.15) is 19.3 Å². The van der Waals surface area contributed by atoms with Crippen molar-refractivity contribution in [3.05, 3.63) is 0 Å². The van der Waals surface area contributed by atoms with Gasteiger partial charge in [0.25, 0.3) is 0 Å². The van der Waals surface area contributed by atoms with Crippen LogP contribution in [0.5, 0.6) is 0 Å². The fourth-order valence-corrected chi connectivity index (χ4v) is 1.30. The molecule has 6 heteroatoms. The van der Waals surface area contributed by atoms with Gasteiger partial charge in [-0.1, -0.05) is 0 Å². The van der Waals surface area contributed by atoms with Gasteiger partial charge in [0.1, 0.15) is 0 Å². The van der Waals surface area contributed by atoms with Gasteiger partial charge in [-0.05, 0) is 12.8 Å². The molecule has 0 radical (unpaired) electrons. The zero-order valence-corrected chi connectivity index (χ0v) is 6.57. The lowest BCUT2D eigenvalue weighted by Gasteiger charge is -2.24. The molecule has 76 valence electrons. The molecule has 0 unspecified atom stereocenters. The Morgan fingerprint density at radius 3 is 2.15 bits per heavy atom. The summed E-state index contributed by atoms with van der Waals surface area (Å²) in [5, 5.41) is 8.26. The number of rotatable bonds is 4. The summed E-state index contributed by atoms with van der Waals surface area (Å²) in [6.07, 6.45) is -4.95. The molecule has 1 fully saturated rings. The quantitative estimate of drug-likeness (QED) is 0.706. The van der Waals surface area contributed by atoms with Gasteiger partial charge >= 0.3 is 18.3 Å². The number of hydrogen-bond donors (Lipinski definition) is 1. The van der Waals surface area contributed by atoms with Crippen LogP contribution in [-0.4, -0.2) is 23.4 Å². The largest absolute Gasteiger partial charge is 0.481 e. The summed E-state index contributed by atoms with van der Waals surface area (Å²) < 4.78 is 49.2. The van der Waals surface area contributed by atoms with E-state index in [9.17, 15) is 22.4 Å². The van der Waals surface area contributed by atoms with Crippen LogP contribution < -0.4 is 0 Å². The van der Waals surface area contributed by atoms with Gasteiger partial charge in [0.15, 0.2) is 0 Å². The predicted octanol–water partition coefficient (Wildman–Crippen LogP) is 2.14. The number of hydrogen-bond acceptors (Lipinski definition) is 1. The summed E-state index contributed by atoms with van der Waals surface area (Å²) in [4.78, 5) is 10.1. The smallest absolute Gasteiger partial charge is 0.313 e. The molecule has 0 heterocycles. The Bertz CT molecular complexity index is 223. The number of halogens is 4. The molecule has 0 saturated heterocycles. The van der Waals surface area contributed by atoms with Gasteiger partial charge in [0.2, 0.25) is 0 Å². The van der Waals surface area contributed by atoms with E-state index >= 15 is 0 Å². The summed E-state index contributed by atoms with van der Waals surface area (Å²) in [6.45, 7) is 0. The minimum absolute atomic E-state index is 0.142. The van der Waals surface area contributed by atoms with Crippen LogP contribution in [-0.2, 0) is 4.79 Å². The average molecular weight is 200 g/mol. The van der Waals surface area contributed by atoms with Gasteiger partial charge in [-0.3, -0.25) is 4.79 Å². The van der Waals surface area contributed by atoms with Crippen LogP contribution in [0, 0.1) is 5.41 Å². The highest BCUT2D eigenvalue weighted by molar-refractivity contribution is 5.68. The Balaban J connectivity index is 2.74. The Morgan fingerprint density at radius 1 is 1.46 bits per heavy atom. The molecule has 1 aliphatic rings. The third kappa shape index (κ3) is 1.62. The fraction of sp³-hybridized carbons (Fsp3) is 0.857. The van der Waals surface area contributed by atoms with Gasteiger partial charge in [-0.15, -0.1) is 0 Å². The highest BCUT2D eigenvalue weighted by Gasteiger charge is 2.67. The summed E-state index contributed by atoms with van der Waals surface area (Å²) >= 11 is 0. The molecule has 0 aromatic heterocycles. The van der Waals surface area contributed by atoms with E-state index in [1.165, 1.54) is 0 Å². The Kier molecular flexibility index (Phi) is 2.25. The van der Waals surface area contributed by atoms with Crippen molar-refractivity contribution in [3.8, 4) is 0 Å². The molecule has 0 atom stereocenters. The van der Waals surface area contributed by atoms with Crippen molar-refractivity contribution in [2.75, 3.05) is 0 Å². The molecule has 2 nitrogen and oxygen atoms in total. The average Bonchev–Trinajstić information content (AvgIpc) is 2.67. The van der Waals surface area contributed by atoms with Crippen molar-refractivity contribution in [2.24, 2.45) is 5.41 Å². The first-order valence-electron chi connectivity index (χ1n) is 3.70. The first-order valence-corrected chi connectivity index (χ1v) is 3.70. The van der Waals surface area contributed by atoms with Crippen molar-refractivity contribution >= 4 is 5.97 Å². The van der Waals surface area contributed by atoms with E-state index in [1.54, 1.807) is 0 Å². The van der Waals surface area contributed by atoms with Crippen LogP contribution in [0.25, 0.3) is 0 Å². The Morgan fingerprint density at radius 2 is 1.92 bits per heavy atom. The van der Waals surface area contributed by atoms with Crippen molar-refractivity contribution in [1.82, 2.24) is 0 Å². The first-order chi connectivity index (χ1) is 5.82. The third-order valence-electron chi connectivity index (χ3n) is 2.32. The van der Waals surface area contributed by atoms with E-state index in [-0.39, 0.29) is 12.8 Å². The summed E-state index contributed by atoms with van der Waals surface area (Å²) in [7, 11) is 0. The third-order valence-corrected chi connectivity index (χ3v) is 2.32. The van der Waals surface area contributed by atoms with Gasteiger partial charge in [-0.2, -0.15) is 8.78 Å². The molecule has 0 bridgehead atoms. The maximum Gasteiger partial charge on any atom is 0.313 e. The lowest BCUT2D eigenvalue weighted by atomic mass is 9.94. The highest BCUT2D eigenvalue weighted by atomic mass is 19.3. The van der Waals surface area contributed by atoms with Crippen LogP contribution >= 0.6 is 0 Å². The topological polar surface area (TPSA) is 37.3 Å². The minimum atomic E-state index is -4.18. The van der Waals surface area contributed by atoms with E-state index < -0.39 is 30.2 Å². The minimum Gasteiger partial charge on any atom is -0.481 e. The lowest BCUT2D eigenvalue weighted by molar-refractivity contribution is -0.183. The standard InChI is InChI=1S/C7H8F4O2/c8-5(9)7(10,11)6(1-2-6)3-4(12)13/h5H,1-3H2,(H,12,13). The molecule has 1 aliphatic carbocycles. The van der Waals surface area contributed by atoms with Crippen molar-refractivity contribution in [3.63, 3.8) is 0 Å². The molecular formula is C7H8F4O2. The Hall–Kier alpha value is -0.810. The monoisotopic (exact) mass is 200 g/mol. The first kappa shape index (κ1) is 10.3. The van der Waals surface area contributed by atoms with E-state index in [1.807, 2.05) is 0 Å². The summed E-state index contributed by atoms with van der Waals surface area (Å²) in [6, 6.07) is 0. The fourth-order valence-electron chi connectivity index (χ4n) is 1.30. The summed E-state index contributed by atoms with van der Waals surface area (Å²) in [5.41, 5.74) is -1.99. The van der Waals surface area contributed by atoms with Gasteiger partial charge in [0.05, 0.1) is 11.8 Å². The molecule has 0 amide bonds. The van der Waals surface area contributed by atoms with Crippen molar-refractivity contribution < 1.29 is 27.5 Å². The van der Waals surface area contributed by atoms with E-state index in [4.69, 9.17) is 5.11 Å². The zero-order chi connectivity index (χ0) is 10.3. The van der Waals surface area contributed by atoms with Gasteiger partial charge < -0.3 is 5.11 Å². The van der Waals surface area contributed by atoms with Crippen molar-refractivity contribution in [2.45, 2.75) is 31.6 Å². The molecule has 1 N–H and O–H groups in total. The molecule has 0 spiro atoms. The molecule has 0 aromatic rings. The molecular weight excluding hydrogens is 192 g/mol. The number of carbonyl (C=O) groups is 1. The maximum atomic E-state index is 12.7. The van der Waals surface area contributed by atoms with Crippen LogP contribution in [0.3, 0.4) is 0 Å². The number of carboxylic acid groups (broad SMARTS) is 1. The number of aliphatic carboxylic acids is 1.